The molecule has 0 fully saturated rings. The van der Waals surface area contributed by atoms with Crippen LogP contribution in [0, 0.1) is 0 Å². The Hall–Kier alpha value is -2.44. The van der Waals surface area contributed by atoms with Crippen molar-refractivity contribution >= 4 is 22.6 Å². The van der Waals surface area contributed by atoms with E-state index in [1.54, 1.807) is 31.4 Å². The lowest BCUT2D eigenvalue weighted by Crippen LogP contribution is -2.41. The minimum Gasteiger partial charge on any atom is -0.491 e. The Bertz CT molecular complexity index is 766. The summed E-state index contributed by atoms with van der Waals surface area (Å²) >= 11 is 0. The zero-order chi connectivity index (χ0) is 17.1. The van der Waals surface area contributed by atoms with Gasteiger partial charge in [0.1, 0.15) is 12.4 Å². The van der Waals surface area contributed by atoms with Crippen molar-refractivity contribution in [1.29, 1.82) is 0 Å². The largest absolute Gasteiger partial charge is 0.491 e. The van der Waals surface area contributed by atoms with Gasteiger partial charge in [0.05, 0.1) is 6.61 Å². The van der Waals surface area contributed by atoms with Gasteiger partial charge in [0.15, 0.2) is 0 Å². The molecule has 126 valence electrons. The summed E-state index contributed by atoms with van der Waals surface area (Å²) in [6.45, 7) is 1.63. The van der Waals surface area contributed by atoms with Crippen molar-refractivity contribution in [2.45, 2.75) is 6.42 Å². The number of carbonyl (C=O) groups excluding carboxylic acids is 2. The topological polar surface area (TPSA) is 81.9 Å². The predicted octanol–water partition coefficient (Wildman–Crippen LogP) is 1.81. The van der Waals surface area contributed by atoms with Crippen LogP contribution < -0.4 is 10.5 Å². The van der Waals surface area contributed by atoms with Gasteiger partial charge in [-0.3, -0.25) is 14.5 Å². The summed E-state index contributed by atoms with van der Waals surface area (Å²) in [4.78, 5) is 26.7. The second kappa shape index (κ2) is 6.98. The van der Waals surface area contributed by atoms with Crippen molar-refractivity contribution in [3.05, 3.63) is 41.5 Å². The average Bonchev–Trinajstić information content (AvgIpc) is 2.60. The molecule has 6 nitrogen and oxygen atoms in total. The van der Waals surface area contributed by atoms with E-state index < -0.39 is 0 Å². The first-order chi connectivity index (χ1) is 11.7. The minimum absolute atomic E-state index is 0.277. The third-order valence-electron chi connectivity index (χ3n) is 4.08. The highest BCUT2D eigenvalue weighted by Gasteiger charge is 2.32. The van der Waals surface area contributed by atoms with E-state index in [9.17, 15) is 9.59 Å². The van der Waals surface area contributed by atoms with Gasteiger partial charge in [-0.1, -0.05) is 12.1 Å². The van der Waals surface area contributed by atoms with Gasteiger partial charge in [0, 0.05) is 35.6 Å². The number of nitrogens with zero attached hydrogens (tertiary/aromatic N) is 1. The van der Waals surface area contributed by atoms with Crippen LogP contribution in [-0.2, 0) is 4.74 Å². The molecule has 6 heteroatoms. The number of amides is 2. The van der Waals surface area contributed by atoms with Crippen molar-refractivity contribution in [3.8, 4) is 5.75 Å². The number of nitrogens with two attached hydrogens (primary N) is 1. The van der Waals surface area contributed by atoms with E-state index in [4.69, 9.17) is 15.2 Å². The maximum atomic E-state index is 12.7. The van der Waals surface area contributed by atoms with Gasteiger partial charge in [-0.2, -0.15) is 0 Å². The molecule has 0 bridgehead atoms. The predicted molar refractivity (Wildman–Crippen MR) is 90.4 cm³/mol. The number of imide groups is 1. The summed E-state index contributed by atoms with van der Waals surface area (Å²) in [7, 11) is 1.61. The van der Waals surface area contributed by atoms with Crippen LogP contribution in [0.3, 0.4) is 0 Å². The Balaban J connectivity index is 2.06. The molecule has 1 aliphatic heterocycles. The Morgan fingerprint density at radius 2 is 1.79 bits per heavy atom. The highest BCUT2D eigenvalue weighted by Crippen LogP contribution is 2.35. The molecule has 1 heterocycles. The van der Waals surface area contributed by atoms with Crippen LogP contribution in [0.4, 0.5) is 0 Å². The number of benzene rings is 2. The van der Waals surface area contributed by atoms with Crippen molar-refractivity contribution in [2.75, 3.05) is 33.4 Å². The molecule has 24 heavy (non-hydrogen) atoms. The molecule has 0 radical (unpaired) electrons. The van der Waals surface area contributed by atoms with Crippen LogP contribution in [0.5, 0.6) is 5.75 Å². The quantitative estimate of drug-likeness (QED) is 0.619. The van der Waals surface area contributed by atoms with E-state index in [0.29, 0.717) is 55.0 Å². The second-order valence-electron chi connectivity index (χ2n) is 5.58. The van der Waals surface area contributed by atoms with Gasteiger partial charge in [-0.25, -0.2) is 0 Å². The standard InChI is InChI=1S/C18H20N2O4/c1-23-10-11-24-15-7-6-14-16-12(15)4-2-5-13(16)17(21)20(18(14)22)9-3-8-19/h2,4-7H,3,8-11,19H2,1H3. The molecular weight excluding hydrogens is 308 g/mol. The Morgan fingerprint density at radius 3 is 2.50 bits per heavy atom. The van der Waals surface area contributed by atoms with Gasteiger partial charge < -0.3 is 15.2 Å². The molecule has 1 aliphatic rings. The SMILES string of the molecule is COCCOc1ccc2c3c(cccc13)C(=O)N(CCCN)C2=O. The highest BCUT2D eigenvalue weighted by atomic mass is 16.5. The Morgan fingerprint density at radius 1 is 1.04 bits per heavy atom. The van der Waals surface area contributed by atoms with E-state index >= 15 is 0 Å². The molecule has 0 spiro atoms. The summed E-state index contributed by atoms with van der Waals surface area (Å²) < 4.78 is 10.7. The fraction of sp³-hybridized carbons (Fsp3) is 0.333. The van der Waals surface area contributed by atoms with E-state index in [0.717, 1.165) is 5.39 Å². The molecule has 2 N–H and O–H groups in total. The fourth-order valence-electron chi connectivity index (χ4n) is 2.93. The molecular formula is C18H20N2O4. The van der Waals surface area contributed by atoms with Crippen molar-refractivity contribution in [3.63, 3.8) is 0 Å². The number of methoxy groups -OCH3 is 1. The first-order valence-corrected chi connectivity index (χ1v) is 7.92. The van der Waals surface area contributed by atoms with Crippen LogP contribution in [0.15, 0.2) is 30.3 Å². The molecule has 0 aromatic heterocycles. The summed E-state index contributed by atoms with van der Waals surface area (Å²) in [5.74, 6) is 0.0878. The highest BCUT2D eigenvalue weighted by molar-refractivity contribution is 6.26. The Kier molecular flexibility index (Phi) is 4.78. The maximum Gasteiger partial charge on any atom is 0.261 e. The zero-order valence-corrected chi connectivity index (χ0v) is 13.6. The Labute approximate surface area is 140 Å². The van der Waals surface area contributed by atoms with Gasteiger partial charge in [0.25, 0.3) is 11.8 Å². The molecule has 3 rings (SSSR count). The van der Waals surface area contributed by atoms with Crippen molar-refractivity contribution in [1.82, 2.24) is 4.90 Å². The molecule has 2 aromatic rings. The lowest BCUT2D eigenvalue weighted by atomic mass is 9.93. The molecule has 2 aromatic carbocycles. The van der Waals surface area contributed by atoms with Gasteiger partial charge in [-0.05, 0) is 31.2 Å². The lowest BCUT2D eigenvalue weighted by Gasteiger charge is -2.27. The minimum atomic E-state index is -0.277. The number of carbonyl (C=O) groups is 2. The monoisotopic (exact) mass is 328 g/mol. The molecule has 2 amide bonds. The third kappa shape index (κ3) is 2.74. The van der Waals surface area contributed by atoms with E-state index in [-0.39, 0.29) is 11.8 Å². The van der Waals surface area contributed by atoms with E-state index in [2.05, 4.69) is 0 Å². The summed E-state index contributed by atoms with van der Waals surface area (Å²) in [6, 6.07) is 8.90. The fourth-order valence-corrected chi connectivity index (χ4v) is 2.93. The molecule has 0 saturated carbocycles. The smallest absolute Gasteiger partial charge is 0.261 e. The average molecular weight is 328 g/mol. The van der Waals surface area contributed by atoms with Gasteiger partial charge >= 0.3 is 0 Å². The summed E-state index contributed by atoms with van der Waals surface area (Å²) in [5, 5.41) is 1.42. The third-order valence-corrected chi connectivity index (χ3v) is 4.08. The number of rotatable bonds is 7. The lowest BCUT2D eigenvalue weighted by molar-refractivity contribution is 0.0610. The number of ether oxygens (including phenoxy) is 2. The summed E-state index contributed by atoms with van der Waals surface area (Å²) in [5.41, 5.74) is 6.56. The normalized spacial score (nSPS) is 13.7. The van der Waals surface area contributed by atoms with Crippen LogP contribution in [0.1, 0.15) is 27.1 Å². The second-order valence-corrected chi connectivity index (χ2v) is 5.58. The van der Waals surface area contributed by atoms with Gasteiger partial charge in [0.2, 0.25) is 0 Å². The molecule has 0 saturated heterocycles. The summed E-state index contributed by atoms with van der Waals surface area (Å²) in [6.07, 6.45) is 0.584. The first kappa shape index (κ1) is 16.4. The molecule has 0 atom stereocenters. The van der Waals surface area contributed by atoms with Crippen LogP contribution in [-0.4, -0.2) is 50.1 Å². The van der Waals surface area contributed by atoms with E-state index in [1.807, 2.05) is 6.07 Å². The number of hydrogen-bond acceptors (Lipinski definition) is 5. The molecule has 0 unspecified atom stereocenters. The number of hydrogen-bond donors (Lipinski definition) is 1. The zero-order valence-electron chi connectivity index (χ0n) is 13.6. The molecule has 0 aliphatic carbocycles. The first-order valence-electron chi connectivity index (χ1n) is 7.92. The van der Waals surface area contributed by atoms with Crippen LogP contribution in [0.2, 0.25) is 0 Å². The van der Waals surface area contributed by atoms with Crippen molar-refractivity contribution < 1.29 is 19.1 Å². The maximum absolute atomic E-state index is 12.7. The van der Waals surface area contributed by atoms with E-state index in [1.165, 1.54) is 4.90 Å². The van der Waals surface area contributed by atoms with Crippen LogP contribution in [0.25, 0.3) is 10.8 Å². The van der Waals surface area contributed by atoms with Crippen LogP contribution >= 0.6 is 0 Å². The van der Waals surface area contributed by atoms with Crippen molar-refractivity contribution in [2.24, 2.45) is 5.73 Å². The van der Waals surface area contributed by atoms with Gasteiger partial charge in [-0.15, -0.1) is 0 Å².